The second-order valence-electron chi connectivity index (χ2n) is 4.20. The molecular formula is C9H19IN4. The molecule has 82 valence electrons. The van der Waals surface area contributed by atoms with E-state index in [2.05, 4.69) is 17.4 Å². The van der Waals surface area contributed by atoms with Crippen LogP contribution in [0.3, 0.4) is 0 Å². The molecule has 1 aliphatic heterocycles. The topological polar surface area (TPSA) is 32.4 Å². The van der Waals surface area contributed by atoms with E-state index in [0.717, 1.165) is 6.04 Å². The summed E-state index contributed by atoms with van der Waals surface area (Å²) in [4.78, 5) is 0. The van der Waals surface area contributed by atoms with E-state index in [4.69, 9.17) is 0 Å². The molecular weight excluding hydrogens is 291 g/mol. The van der Waals surface area contributed by atoms with Gasteiger partial charge in [0.05, 0.1) is 0 Å². The van der Waals surface area contributed by atoms with Crippen molar-refractivity contribution in [1.29, 1.82) is 0 Å². The number of hydrogen-bond donors (Lipinski definition) is 1. The summed E-state index contributed by atoms with van der Waals surface area (Å²) in [6.07, 6.45) is 7.24. The zero-order chi connectivity index (χ0) is 9.26. The quantitative estimate of drug-likeness (QED) is 0.547. The Kier molecular flexibility index (Phi) is 4.56. The first-order chi connectivity index (χ1) is 6.29. The smallest absolute Gasteiger partial charge is 0.202 e. The third kappa shape index (κ3) is 2.36. The van der Waals surface area contributed by atoms with Crippen molar-refractivity contribution in [3.05, 3.63) is 0 Å². The van der Waals surface area contributed by atoms with E-state index < -0.39 is 0 Å². The van der Waals surface area contributed by atoms with Gasteiger partial charge in [-0.25, -0.2) is 5.01 Å². The van der Waals surface area contributed by atoms with Crippen LogP contribution in [-0.2, 0) is 0 Å². The predicted octanol–water partition coefficient (Wildman–Crippen LogP) is -2.22. The van der Waals surface area contributed by atoms with Gasteiger partial charge in [-0.05, 0) is 18.1 Å². The number of quaternary nitrogens is 1. The first-order valence-corrected chi connectivity index (χ1v) is 5.30. The summed E-state index contributed by atoms with van der Waals surface area (Å²) in [5.74, 6) is 0. The van der Waals surface area contributed by atoms with Crippen molar-refractivity contribution in [1.82, 2.24) is 5.01 Å². The van der Waals surface area contributed by atoms with Crippen LogP contribution < -0.4 is 29.0 Å². The van der Waals surface area contributed by atoms with Crippen LogP contribution in [-0.4, -0.2) is 24.3 Å². The van der Waals surface area contributed by atoms with E-state index in [1.165, 1.54) is 37.1 Å². The van der Waals surface area contributed by atoms with E-state index in [0.29, 0.717) is 6.17 Å². The van der Waals surface area contributed by atoms with Crippen molar-refractivity contribution in [3.8, 4) is 0 Å². The zero-order valence-corrected chi connectivity index (χ0v) is 11.1. The SMILES string of the molecule is CC1N(C)N=N[NH+]1C1CCCCC1.[I-]. The Bertz CT molecular complexity index is 203. The molecule has 0 bridgehead atoms. The number of halogens is 1. The Hall–Kier alpha value is 0.0900. The molecule has 2 rings (SSSR count). The van der Waals surface area contributed by atoms with Crippen LogP contribution in [0, 0.1) is 0 Å². The molecule has 5 heteroatoms. The van der Waals surface area contributed by atoms with Gasteiger partial charge in [0, 0.05) is 32.0 Å². The highest BCUT2D eigenvalue weighted by Gasteiger charge is 2.35. The fourth-order valence-corrected chi connectivity index (χ4v) is 2.30. The first kappa shape index (κ1) is 12.2. The second kappa shape index (κ2) is 5.25. The Labute approximate surface area is 103 Å². The summed E-state index contributed by atoms with van der Waals surface area (Å²) in [7, 11) is 2.00. The summed E-state index contributed by atoms with van der Waals surface area (Å²) in [6, 6.07) is 0.720. The average molecular weight is 310 g/mol. The van der Waals surface area contributed by atoms with Crippen molar-refractivity contribution in [2.24, 2.45) is 10.4 Å². The summed E-state index contributed by atoms with van der Waals surface area (Å²) in [5.41, 5.74) is 0. The van der Waals surface area contributed by atoms with Gasteiger partial charge in [0.2, 0.25) is 6.17 Å². The first-order valence-electron chi connectivity index (χ1n) is 5.30. The molecule has 0 aromatic heterocycles. The number of rotatable bonds is 1. The van der Waals surface area contributed by atoms with Crippen molar-refractivity contribution in [3.63, 3.8) is 0 Å². The lowest BCUT2D eigenvalue weighted by molar-refractivity contribution is -0.958. The molecule has 0 aromatic rings. The molecule has 2 aliphatic rings. The molecule has 2 unspecified atom stereocenters. The van der Waals surface area contributed by atoms with E-state index >= 15 is 0 Å². The van der Waals surface area contributed by atoms with Crippen molar-refractivity contribution in [2.45, 2.75) is 51.2 Å². The Balaban J connectivity index is 0.000000980. The molecule has 14 heavy (non-hydrogen) atoms. The fourth-order valence-electron chi connectivity index (χ4n) is 2.30. The van der Waals surface area contributed by atoms with Gasteiger partial charge in [-0.15, -0.1) is 0 Å². The van der Waals surface area contributed by atoms with E-state index in [-0.39, 0.29) is 24.0 Å². The van der Waals surface area contributed by atoms with Crippen LogP contribution in [0.15, 0.2) is 10.4 Å². The molecule has 1 saturated carbocycles. The third-order valence-corrected chi connectivity index (χ3v) is 3.31. The summed E-state index contributed by atoms with van der Waals surface area (Å²) >= 11 is 0. The minimum Gasteiger partial charge on any atom is -1.00 e. The minimum absolute atomic E-state index is 0. The van der Waals surface area contributed by atoms with Crippen molar-refractivity contribution in [2.75, 3.05) is 7.05 Å². The largest absolute Gasteiger partial charge is 1.00 e. The van der Waals surface area contributed by atoms with E-state index in [1.54, 1.807) is 0 Å². The molecule has 1 fully saturated rings. The van der Waals surface area contributed by atoms with Gasteiger partial charge < -0.3 is 24.0 Å². The molecule has 1 N–H and O–H groups in total. The lowest BCUT2D eigenvalue weighted by Gasteiger charge is -2.27. The standard InChI is InChI=1S/C9H18N4.HI/c1-8-12(2)10-11-13(8)9-6-4-3-5-7-9;/h8-9H,3-7H2,1-2H3;1H. The van der Waals surface area contributed by atoms with Gasteiger partial charge in [-0.2, -0.15) is 5.01 Å². The van der Waals surface area contributed by atoms with E-state index in [9.17, 15) is 0 Å². The maximum absolute atomic E-state index is 4.29. The van der Waals surface area contributed by atoms with E-state index in [1.807, 2.05) is 12.1 Å². The third-order valence-electron chi connectivity index (χ3n) is 3.31. The van der Waals surface area contributed by atoms with Crippen LogP contribution in [0.4, 0.5) is 0 Å². The molecule has 0 aromatic carbocycles. The summed E-state index contributed by atoms with van der Waals surface area (Å²) in [5, 5.41) is 11.7. The lowest BCUT2D eigenvalue weighted by atomic mass is 9.95. The number of hydrogen-bond acceptors (Lipinski definition) is 3. The van der Waals surface area contributed by atoms with Crippen LogP contribution >= 0.6 is 0 Å². The average Bonchev–Trinajstić information content (AvgIpc) is 2.49. The highest BCUT2D eigenvalue weighted by Crippen LogP contribution is 2.16. The number of nitrogens with zero attached hydrogens (tertiary/aromatic N) is 3. The van der Waals surface area contributed by atoms with Gasteiger partial charge in [0.1, 0.15) is 6.04 Å². The lowest BCUT2D eigenvalue weighted by Crippen LogP contribution is -3.14. The number of nitrogens with one attached hydrogen (secondary N) is 1. The van der Waals surface area contributed by atoms with Crippen LogP contribution in [0.5, 0.6) is 0 Å². The normalized spacial score (nSPS) is 33.1. The van der Waals surface area contributed by atoms with Gasteiger partial charge in [0.25, 0.3) is 0 Å². The molecule has 0 amide bonds. The summed E-state index contributed by atoms with van der Waals surface area (Å²) in [6.45, 7) is 2.20. The molecule has 0 radical (unpaired) electrons. The molecule has 1 aliphatic carbocycles. The summed E-state index contributed by atoms with van der Waals surface area (Å²) < 4.78 is 0. The molecule has 4 nitrogen and oxygen atoms in total. The highest BCUT2D eigenvalue weighted by molar-refractivity contribution is 4.64. The molecule has 0 spiro atoms. The van der Waals surface area contributed by atoms with Crippen molar-refractivity contribution >= 4 is 0 Å². The van der Waals surface area contributed by atoms with Gasteiger partial charge >= 0.3 is 0 Å². The monoisotopic (exact) mass is 310 g/mol. The Morgan fingerprint density at radius 3 is 2.36 bits per heavy atom. The molecule has 0 saturated heterocycles. The highest BCUT2D eigenvalue weighted by atomic mass is 127. The molecule has 1 heterocycles. The zero-order valence-electron chi connectivity index (χ0n) is 8.91. The maximum Gasteiger partial charge on any atom is 0.202 e. The van der Waals surface area contributed by atoms with Crippen molar-refractivity contribution < 1.29 is 29.0 Å². The Morgan fingerprint density at radius 1 is 1.21 bits per heavy atom. The van der Waals surface area contributed by atoms with Gasteiger partial charge in [-0.1, -0.05) is 6.42 Å². The predicted molar refractivity (Wildman–Crippen MR) is 49.9 cm³/mol. The fraction of sp³-hybridized carbons (Fsp3) is 1.00. The Morgan fingerprint density at radius 2 is 1.86 bits per heavy atom. The van der Waals surface area contributed by atoms with Crippen LogP contribution in [0.1, 0.15) is 39.0 Å². The van der Waals surface area contributed by atoms with Gasteiger partial charge in [0.15, 0.2) is 0 Å². The van der Waals surface area contributed by atoms with Crippen LogP contribution in [0.25, 0.3) is 0 Å². The van der Waals surface area contributed by atoms with Crippen LogP contribution in [0.2, 0.25) is 0 Å². The molecule has 2 atom stereocenters. The second-order valence-corrected chi connectivity index (χ2v) is 4.20. The minimum atomic E-state index is 0. The van der Waals surface area contributed by atoms with Gasteiger partial charge in [-0.3, -0.25) is 0 Å². The maximum atomic E-state index is 4.29.